The zero-order chi connectivity index (χ0) is 14.7. The van der Waals surface area contributed by atoms with Gasteiger partial charge in [-0.2, -0.15) is 0 Å². The smallest absolute Gasteiger partial charge is 0.287 e. The Morgan fingerprint density at radius 1 is 1.24 bits per heavy atom. The Balaban J connectivity index is 1.47. The maximum atomic E-state index is 12.0. The Bertz CT molecular complexity index is 452. The second-order valence-electron chi connectivity index (χ2n) is 6.18. The number of hydrogen-bond acceptors (Lipinski definition) is 4. The van der Waals surface area contributed by atoms with Crippen LogP contribution in [-0.4, -0.2) is 47.2 Å². The highest BCUT2D eigenvalue weighted by Crippen LogP contribution is 2.25. The van der Waals surface area contributed by atoms with E-state index in [0.29, 0.717) is 11.8 Å². The van der Waals surface area contributed by atoms with Crippen molar-refractivity contribution in [2.45, 2.75) is 56.7 Å². The number of carbonyl (C=O) groups is 1. The topological polar surface area (TPSA) is 65.7 Å². The Morgan fingerprint density at radius 3 is 2.67 bits per heavy atom. The summed E-state index contributed by atoms with van der Waals surface area (Å²) in [6.45, 7) is 1.90. The van der Waals surface area contributed by atoms with E-state index in [0.717, 1.165) is 45.2 Å². The SMILES string of the molecule is O=C(NC1CCN(C2CCCCC2O)CC1)c1ccco1. The van der Waals surface area contributed by atoms with E-state index in [1.165, 1.54) is 12.7 Å². The molecule has 116 valence electrons. The highest BCUT2D eigenvalue weighted by atomic mass is 16.3. The van der Waals surface area contributed by atoms with Crippen LogP contribution in [0.4, 0.5) is 0 Å². The molecule has 1 saturated carbocycles. The molecule has 21 heavy (non-hydrogen) atoms. The number of piperidine rings is 1. The monoisotopic (exact) mass is 292 g/mol. The molecule has 2 aliphatic rings. The van der Waals surface area contributed by atoms with Crippen LogP contribution in [0, 0.1) is 0 Å². The van der Waals surface area contributed by atoms with Gasteiger partial charge in [-0.15, -0.1) is 0 Å². The van der Waals surface area contributed by atoms with Gasteiger partial charge in [-0.3, -0.25) is 9.69 Å². The van der Waals surface area contributed by atoms with E-state index in [2.05, 4.69) is 10.2 Å². The average Bonchev–Trinajstić information content (AvgIpc) is 3.03. The van der Waals surface area contributed by atoms with Crippen LogP contribution in [-0.2, 0) is 0 Å². The molecule has 3 rings (SSSR count). The summed E-state index contributed by atoms with van der Waals surface area (Å²) in [5, 5.41) is 13.2. The van der Waals surface area contributed by atoms with Crippen LogP contribution in [0.1, 0.15) is 49.1 Å². The molecule has 2 heterocycles. The van der Waals surface area contributed by atoms with E-state index in [-0.39, 0.29) is 18.1 Å². The van der Waals surface area contributed by atoms with Crippen molar-refractivity contribution in [2.24, 2.45) is 0 Å². The van der Waals surface area contributed by atoms with E-state index in [4.69, 9.17) is 4.42 Å². The van der Waals surface area contributed by atoms with Crippen molar-refractivity contribution in [1.82, 2.24) is 10.2 Å². The Kier molecular flexibility index (Phi) is 4.60. The number of aliphatic hydroxyl groups excluding tert-OH is 1. The summed E-state index contributed by atoms with van der Waals surface area (Å²) in [6.07, 6.45) is 7.62. The summed E-state index contributed by atoms with van der Waals surface area (Å²) < 4.78 is 5.11. The highest BCUT2D eigenvalue weighted by Gasteiger charge is 2.31. The number of carbonyl (C=O) groups excluding carboxylic acids is 1. The zero-order valence-electron chi connectivity index (χ0n) is 12.3. The molecule has 1 aromatic heterocycles. The van der Waals surface area contributed by atoms with Crippen molar-refractivity contribution in [3.05, 3.63) is 24.2 Å². The molecule has 1 aliphatic heterocycles. The third-order valence-corrected chi connectivity index (χ3v) is 4.77. The van der Waals surface area contributed by atoms with E-state index in [1.54, 1.807) is 12.1 Å². The summed E-state index contributed by atoms with van der Waals surface area (Å²) in [5.41, 5.74) is 0. The summed E-state index contributed by atoms with van der Waals surface area (Å²) in [4.78, 5) is 14.4. The highest BCUT2D eigenvalue weighted by molar-refractivity contribution is 5.91. The number of nitrogens with zero attached hydrogens (tertiary/aromatic N) is 1. The van der Waals surface area contributed by atoms with Gasteiger partial charge in [-0.05, 0) is 37.8 Å². The van der Waals surface area contributed by atoms with Gasteiger partial charge < -0.3 is 14.8 Å². The molecular weight excluding hydrogens is 268 g/mol. The van der Waals surface area contributed by atoms with Gasteiger partial charge in [-0.1, -0.05) is 12.8 Å². The van der Waals surface area contributed by atoms with Gasteiger partial charge in [0.1, 0.15) is 0 Å². The van der Waals surface area contributed by atoms with E-state index in [9.17, 15) is 9.90 Å². The molecule has 0 spiro atoms. The third kappa shape index (κ3) is 3.47. The van der Waals surface area contributed by atoms with Gasteiger partial charge in [0.25, 0.3) is 5.91 Å². The van der Waals surface area contributed by atoms with Crippen LogP contribution in [0.15, 0.2) is 22.8 Å². The molecule has 2 atom stereocenters. The molecular formula is C16H24N2O3. The number of aliphatic hydroxyl groups is 1. The predicted octanol–water partition coefficient (Wildman–Crippen LogP) is 1.78. The van der Waals surface area contributed by atoms with E-state index >= 15 is 0 Å². The van der Waals surface area contributed by atoms with Crippen LogP contribution >= 0.6 is 0 Å². The van der Waals surface area contributed by atoms with E-state index in [1.807, 2.05) is 0 Å². The maximum absolute atomic E-state index is 12.0. The van der Waals surface area contributed by atoms with Gasteiger partial charge in [0.05, 0.1) is 12.4 Å². The van der Waals surface area contributed by atoms with Gasteiger partial charge >= 0.3 is 0 Å². The van der Waals surface area contributed by atoms with Gasteiger partial charge in [0, 0.05) is 25.2 Å². The summed E-state index contributed by atoms with van der Waals surface area (Å²) in [6, 6.07) is 3.94. The molecule has 2 unspecified atom stereocenters. The van der Waals surface area contributed by atoms with Crippen molar-refractivity contribution in [3.8, 4) is 0 Å². The molecule has 1 aliphatic carbocycles. The van der Waals surface area contributed by atoms with Crippen LogP contribution in [0.5, 0.6) is 0 Å². The summed E-state index contributed by atoms with van der Waals surface area (Å²) in [7, 11) is 0. The molecule has 2 fully saturated rings. The number of rotatable bonds is 3. The predicted molar refractivity (Wildman–Crippen MR) is 79.0 cm³/mol. The third-order valence-electron chi connectivity index (χ3n) is 4.77. The minimum absolute atomic E-state index is 0.129. The summed E-state index contributed by atoms with van der Waals surface area (Å²) >= 11 is 0. The van der Waals surface area contributed by atoms with E-state index < -0.39 is 0 Å². The number of likely N-dealkylation sites (tertiary alicyclic amines) is 1. The second-order valence-corrected chi connectivity index (χ2v) is 6.18. The quantitative estimate of drug-likeness (QED) is 0.891. The molecule has 0 radical (unpaired) electrons. The number of furan rings is 1. The van der Waals surface area contributed by atoms with Crippen molar-refractivity contribution in [3.63, 3.8) is 0 Å². The molecule has 0 aromatic carbocycles. The fourth-order valence-corrected chi connectivity index (χ4v) is 3.56. The average molecular weight is 292 g/mol. The number of nitrogens with one attached hydrogen (secondary N) is 1. The minimum atomic E-state index is -0.173. The minimum Gasteiger partial charge on any atom is -0.459 e. The Morgan fingerprint density at radius 2 is 2.00 bits per heavy atom. The first-order chi connectivity index (χ1) is 10.2. The standard InChI is InChI=1S/C16H24N2O3/c19-14-5-2-1-4-13(14)18-9-7-12(8-10-18)17-16(20)15-6-3-11-21-15/h3,6,11-14,19H,1-2,4-5,7-10H2,(H,17,20). The lowest BCUT2D eigenvalue weighted by atomic mass is 9.89. The fraction of sp³-hybridized carbons (Fsp3) is 0.688. The normalized spacial score (nSPS) is 28.4. The Hall–Kier alpha value is -1.33. The fourth-order valence-electron chi connectivity index (χ4n) is 3.56. The van der Waals surface area contributed by atoms with Crippen LogP contribution in [0.3, 0.4) is 0 Å². The summed E-state index contributed by atoms with van der Waals surface area (Å²) in [5.74, 6) is 0.247. The van der Waals surface area contributed by atoms with Crippen molar-refractivity contribution in [2.75, 3.05) is 13.1 Å². The molecule has 2 N–H and O–H groups in total. The van der Waals surface area contributed by atoms with Crippen molar-refractivity contribution >= 4 is 5.91 Å². The first kappa shape index (κ1) is 14.6. The lowest BCUT2D eigenvalue weighted by molar-refractivity contribution is 0.00721. The first-order valence-corrected chi connectivity index (χ1v) is 8.00. The number of hydrogen-bond donors (Lipinski definition) is 2. The molecule has 0 bridgehead atoms. The van der Waals surface area contributed by atoms with Gasteiger partial charge in [0.15, 0.2) is 5.76 Å². The Labute approximate surface area is 125 Å². The van der Waals surface area contributed by atoms with Gasteiger partial charge in [-0.25, -0.2) is 0 Å². The largest absolute Gasteiger partial charge is 0.459 e. The van der Waals surface area contributed by atoms with Crippen molar-refractivity contribution < 1.29 is 14.3 Å². The van der Waals surface area contributed by atoms with Crippen LogP contribution in [0.2, 0.25) is 0 Å². The molecule has 1 amide bonds. The number of amides is 1. The molecule has 1 aromatic rings. The first-order valence-electron chi connectivity index (χ1n) is 8.00. The molecule has 5 nitrogen and oxygen atoms in total. The van der Waals surface area contributed by atoms with Crippen molar-refractivity contribution in [1.29, 1.82) is 0 Å². The second kappa shape index (κ2) is 6.62. The van der Waals surface area contributed by atoms with Gasteiger partial charge in [0.2, 0.25) is 0 Å². The molecule has 5 heteroatoms. The lowest BCUT2D eigenvalue weighted by Crippen LogP contribution is -2.52. The van der Waals surface area contributed by atoms with Crippen LogP contribution < -0.4 is 5.32 Å². The maximum Gasteiger partial charge on any atom is 0.287 e. The zero-order valence-corrected chi connectivity index (χ0v) is 12.3. The van der Waals surface area contributed by atoms with Crippen LogP contribution in [0.25, 0.3) is 0 Å². The molecule has 1 saturated heterocycles. The lowest BCUT2D eigenvalue weighted by Gasteiger charge is -2.41.